The Morgan fingerprint density at radius 1 is 0.971 bits per heavy atom. The molecule has 2 aliphatic rings. The smallest absolute Gasteiger partial charge is 0.252 e. The number of ether oxygens (including phenoxy) is 1. The van der Waals surface area contributed by atoms with E-state index in [1.807, 2.05) is 18.2 Å². The molecule has 0 amide bonds. The summed E-state index contributed by atoms with van der Waals surface area (Å²) in [7, 11) is 0. The van der Waals surface area contributed by atoms with Gasteiger partial charge in [0.15, 0.2) is 0 Å². The van der Waals surface area contributed by atoms with E-state index in [0.717, 1.165) is 22.9 Å². The lowest BCUT2D eigenvalue weighted by molar-refractivity contribution is 0.222. The average Bonchev–Trinajstić information content (AvgIpc) is 3.65. The van der Waals surface area contributed by atoms with Gasteiger partial charge in [0, 0.05) is 17.2 Å². The zero-order valence-corrected chi connectivity index (χ0v) is 18.9. The number of hydrogen-bond donors (Lipinski definition) is 1. The van der Waals surface area contributed by atoms with Gasteiger partial charge >= 0.3 is 0 Å². The lowest BCUT2D eigenvalue weighted by Gasteiger charge is -2.39. The van der Waals surface area contributed by atoms with Gasteiger partial charge in [0.2, 0.25) is 5.82 Å². The number of rotatable bonds is 7. The van der Waals surface area contributed by atoms with Crippen molar-refractivity contribution in [2.75, 3.05) is 0 Å². The van der Waals surface area contributed by atoms with Gasteiger partial charge in [-0.05, 0) is 66.5 Å². The Morgan fingerprint density at radius 3 is 2.38 bits per heavy atom. The van der Waals surface area contributed by atoms with Crippen LogP contribution < -0.4 is 4.74 Å². The van der Waals surface area contributed by atoms with E-state index in [4.69, 9.17) is 9.26 Å². The van der Waals surface area contributed by atoms with Crippen LogP contribution in [0.1, 0.15) is 48.4 Å². The van der Waals surface area contributed by atoms with Crippen molar-refractivity contribution in [3.63, 3.8) is 0 Å². The van der Waals surface area contributed by atoms with E-state index < -0.39 is 0 Å². The molecule has 0 spiro atoms. The van der Waals surface area contributed by atoms with Crippen molar-refractivity contribution in [3.8, 4) is 17.1 Å². The van der Waals surface area contributed by atoms with Crippen LogP contribution in [0.25, 0.3) is 11.4 Å². The SMILES string of the molecule is OCc1nc(-c2ccc([C@]3(c4ccc(OCc5ccccn5)cc4)CC4CC[C@@H]3C4)cc2)no1. The number of benzene rings is 2. The molecule has 34 heavy (non-hydrogen) atoms. The maximum absolute atomic E-state index is 9.21. The van der Waals surface area contributed by atoms with Crippen LogP contribution in [-0.2, 0) is 18.6 Å². The Hall–Kier alpha value is -3.51. The van der Waals surface area contributed by atoms with Gasteiger partial charge in [0.1, 0.15) is 19.0 Å². The highest BCUT2D eigenvalue weighted by atomic mass is 16.5. The average molecular weight is 454 g/mol. The molecule has 6 rings (SSSR count). The van der Waals surface area contributed by atoms with E-state index in [1.165, 1.54) is 36.8 Å². The largest absolute Gasteiger partial charge is 0.487 e. The minimum Gasteiger partial charge on any atom is -0.487 e. The van der Waals surface area contributed by atoms with Crippen LogP contribution in [-0.4, -0.2) is 20.2 Å². The highest BCUT2D eigenvalue weighted by molar-refractivity contribution is 5.57. The topological polar surface area (TPSA) is 81.3 Å². The van der Waals surface area contributed by atoms with Gasteiger partial charge in [-0.1, -0.05) is 54.0 Å². The molecule has 2 aromatic carbocycles. The Morgan fingerprint density at radius 2 is 1.76 bits per heavy atom. The number of aliphatic hydroxyl groups is 1. The highest BCUT2D eigenvalue weighted by Crippen LogP contribution is 2.60. The van der Waals surface area contributed by atoms with Gasteiger partial charge in [0.25, 0.3) is 5.89 Å². The molecule has 2 heterocycles. The first-order valence-electron chi connectivity index (χ1n) is 11.9. The summed E-state index contributed by atoms with van der Waals surface area (Å²) >= 11 is 0. The van der Waals surface area contributed by atoms with E-state index >= 15 is 0 Å². The quantitative estimate of drug-likeness (QED) is 0.408. The third-order valence-electron chi connectivity index (χ3n) is 7.59. The number of nitrogens with zero attached hydrogens (tertiary/aromatic N) is 3. The van der Waals surface area contributed by atoms with Gasteiger partial charge in [-0.25, -0.2) is 0 Å². The Balaban J connectivity index is 1.28. The molecule has 2 saturated carbocycles. The van der Waals surface area contributed by atoms with Crippen molar-refractivity contribution in [3.05, 3.63) is 95.6 Å². The molecule has 172 valence electrons. The van der Waals surface area contributed by atoms with Crippen LogP contribution in [0.2, 0.25) is 0 Å². The summed E-state index contributed by atoms with van der Waals surface area (Å²) in [6, 6.07) is 23.1. The second-order valence-corrected chi connectivity index (χ2v) is 9.43. The molecule has 2 bridgehead atoms. The predicted molar refractivity (Wildman–Crippen MR) is 127 cm³/mol. The summed E-state index contributed by atoms with van der Waals surface area (Å²) < 4.78 is 11.0. The van der Waals surface area contributed by atoms with Crippen LogP contribution in [0.15, 0.2) is 77.4 Å². The van der Waals surface area contributed by atoms with Crippen molar-refractivity contribution >= 4 is 0 Å². The van der Waals surface area contributed by atoms with Gasteiger partial charge in [-0.2, -0.15) is 4.98 Å². The summed E-state index contributed by atoms with van der Waals surface area (Å²) in [5, 5.41) is 13.2. The molecule has 3 atom stereocenters. The van der Waals surface area contributed by atoms with Crippen LogP contribution in [0, 0.1) is 11.8 Å². The fourth-order valence-corrected chi connectivity index (χ4v) is 6.05. The number of aromatic nitrogens is 3. The van der Waals surface area contributed by atoms with Gasteiger partial charge in [0.05, 0.1) is 5.69 Å². The molecule has 0 aliphatic heterocycles. The van der Waals surface area contributed by atoms with Gasteiger partial charge in [-0.3, -0.25) is 4.98 Å². The first kappa shape index (κ1) is 21.1. The van der Waals surface area contributed by atoms with Crippen molar-refractivity contribution in [1.29, 1.82) is 0 Å². The maximum Gasteiger partial charge on any atom is 0.252 e. The van der Waals surface area contributed by atoms with E-state index in [2.05, 4.69) is 63.7 Å². The normalized spacial score (nSPS) is 23.3. The minimum atomic E-state index is -0.251. The predicted octanol–water partition coefficient (Wildman–Crippen LogP) is 5.31. The fourth-order valence-electron chi connectivity index (χ4n) is 6.05. The number of fused-ring (bicyclic) bond motifs is 2. The molecule has 1 unspecified atom stereocenters. The third kappa shape index (κ3) is 3.68. The Bertz CT molecular complexity index is 1250. The molecule has 6 heteroatoms. The van der Waals surface area contributed by atoms with Crippen molar-refractivity contribution in [1.82, 2.24) is 15.1 Å². The number of hydrogen-bond acceptors (Lipinski definition) is 6. The fraction of sp³-hybridized carbons (Fsp3) is 0.321. The van der Waals surface area contributed by atoms with E-state index in [0.29, 0.717) is 18.3 Å². The summed E-state index contributed by atoms with van der Waals surface area (Å²) in [4.78, 5) is 8.58. The van der Waals surface area contributed by atoms with Crippen molar-refractivity contribution in [2.45, 2.75) is 44.3 Å². The second-order valence-electron chi connectivity index (χ2n) is 9.43. The second kappa shape index (κ2) is 8.69. The molecular weight excluding hydrogens is 426 g/mol. The molecule has 0 radical (unpaired) electrons. The van der Waals surface area contributed by atoms with Gasteiger partial charge < -0.3 is 14.4 Å². The monoisotopic (exact) mass is 453 g/mol. The standard InChI is InChI=1S/C28H27N3O3/c32-17-26-30-27(31-34-26)20-5-8-21(9-6-20)28(16-19-4-7-23(28)15-19)22-10-12-25(13-11-22)33-18-24-3-1-2-14-29-24/h1-3,5-6,8-14,19,23,32H,4,7,15-18H2/t19?,23-,28+/m1/s1. The summed E-state index contributed by atoms with van der Waals surface area (Å²) in [6.45, 7) is 0.213. The van der Waals surface area contributed by atoms with E-state index in [-0.39, 0.29) is 17.9 Å². The summed E-state index contributed by atoms with van der Waals surface area (Å²) in [6.07, 6.45) is 6.88. The maximum atomic E-state index is 9.21. The van der Waals surface area contributed by atoms with Crippen LogP contribution in [0.4, 0.5) is 0 Å². The van der Waals surface area contributed by atoms with E-state index in [9.17, 15) is 5.11 Å². The van der Waals surface area contributed by atoms with E-state index in [1.54, 1.807) is 6.20 Å². The first-order chi connectivity index (χ1) is 16.7. The Labute approximate surface area is 198 Å². The Kier molecular flexibility index (Phi) is 5.38. The zero-order valence-electron chi connectivity index (χ0n) is 18.9. The minimum absolute atomic E-state index is 0.0223. The summed E-state index contributed by atoms with van der Waals surface area (Å²) in [5.41, 5.74) is 4.54. The van der Waals surface area contributed by atoms with Gasteiger partial charge in [-0.15, -0.1) is 0 Å². The lowest BCUT2D eigenvalue weighted by atomic mass is 9.64. The molecule has 4 aromatic rings. The molecule has 2 aliphatic carbocycles. The van der Waals surface area contributed by atoms with Crippen molar-refractivity contribution in [2.24, 2.45) is 11.8 Å². The molecule has 2 fully saturated rings. The first-order valence-corrected chi connectivity index (χ1v) is 11.9. The van der Waals surface area contributed by atoms with Crippen LogP contribution >= 0.6 is 0 Å². The molecule has 1 N–H and O–H groups in total. The molecular formula is C28H27N3O3. The number of aliphatic hydroxyl groups excluding tert-OH is 1. The van der Waals surface area contributed by atoms with Crippen LogP contribution in [0.5, 0.6) is 5.75 Å². The molecule has 6 nitrogen and oxygen atoms in total. The third-order valence-corrected chi connectivity index (χ3v) is 7.59. The van der Waals surface area contributed by atoms with Crippen LogP contribution in [0.3, 0.4) is 0 Å². The van der Waals surface area contributed by atoms with Crippen molar-refractivity contribution < 1.29 is 14.4 Å². The zero-order chi connectivity index (χ0) is 23.0. The number of pyridine rings is 1. The highest BCUT2D eigenvalue weighted by Gasteiger charge is 2.52. The molecule has 0 saturated heterocycles. The lowest BCUT2D eigenvalue weighted by Crippen LogP contribution is -2.34. The molecule has 2 aromatic heterocycles. The summed E-state index contributed by atoms with van der Waals surface area (Å²) in [5.74, 6) is 3.03.